The van der Waals surface area contributed by atoms with Crippen LogP contribution < -0.4 is 0 Å². The van der Waals surface area contributed by atoms with E-state index >= 15 is 0 Å². The van der Waals surface area contributed by atoms with E-state index in [0.717, 1.165) is 11.3 Å². The predicted octanol–water partition coefficient (Wildman–Crippen LogP) is 4.81. The molecule has 0 spiro atoms. The summed E-state index contributed by atoms with van der Waals surface area (Å²) in [6, 6.07) is 5.10. The van der Waals surface area contributed by atoms with Gasteiger partial charge in [-0.2, -0.15) is 11.8 Å². The van der Waals surface area contributed by atoms with Crippen LogP contribution in [0.1, 0.15) is 37.7 Å². The summed E-state index contributed by atoms with van der Waals surface area (Å²) in [4.78, 5) is 10.4. The van der Waals surface area contributed by atoms with Crippen molar-refractivity contribution in [3.05, 3.63) is 38.9 Å². The minimum absolute atomic E-state index is 0.0124. The van der Waals surface area contributed by atoms with Gasteiger partial charge in [0.15, 0.2) is 0 Å². The highest BCUT2D eigenvalue weighted by molar-refractivity contribution is 7.99. The molecule has 1 saturated carbocycles. The molecule has 18 heavy (non-hydrogen) atoms. The van der Waals surface area contributed by atoms with E-state index in [9.17, 15) is 10.1 Å². The minimum atomic E-state index is -0.420. The summed E-state index contributed by atoms with van der Waals surface area (Å²) in [5, 5.41) is 11.7. The Bertz CT molecular complexity index is 433. The van der Waals surface area contributed by atoms with Gasteiger partial charge < -0.3 is 0 Å². The zero-order chi connectivity index (χ0) is 13.0. The number of benzene rings is 1. The Kier molecular flexibility index (Phi) is 4.89. The Hall–Kier alpha value is -0.740. The fraction of sp³-hybridized carbons (Fsp3) is 0.538. The van der Waals surface area contributed by atoms with Crippen molar-refractivity contribution in [3.8, 4) is 0 Å². The van der Waals surface area contributed by atoms with Gasteiger partial charge >= 0.3 is 0 Å². The van der Waals surface area contributed by atoms with Gasteiger partial charge in [-0.25, -0.2) is 0 Å². The van der Waals surface area contributed by atoms with Gasteiger partial charge in [-0.05, 0) is 24.5 Å². The topological polar surface area (TPSA) is 43.1 Å². The highest BCUT2D eigenvalue weighted by Gasteiger charge is 2.16. The van der Waals surface area contributed by atoms with Crippen LogP contribution in [0.5, 0.6) is 0 Å². The summed E-state index contributed by atoms with van der Waals surface area (Å²) in [6.07, 6.45) is 6.54. The summed E-state index contributed by atoms with van der Waals surface area (Å²) in [6.45, 7) is 0. The summed E-state index contributed by atoms with van der Waals surface area (Å²) in [5.41, 5.74) is 1.00. The van der Waals surface area contributed by atoms with Crippen LogP contribution in [0, 0.1) is 10.1 Å². The number of rotatable bonds is 4. The molecule has 0 saturated heterocycles. The zero-order valence-electron chi connectivity index (χ0n) is 10.1. The molecule has 2 rings (SSSR count). The van der Waals surface area contributed by atoms with Crippen molar-refractivity contribution < 1.29 is 4.92 Å². The van der Waals surface area contributed by atoms with Crippen LogP contribution in [0.4, 0.5) is 5.69 Å². The third-order valence-corrected chi connectivity index (χ3v) is 5.01. The van der Waals surface area contributed by atoms with Crippen LogP contribution in [0.2, 0.25) is 5.02 Å². The minimum Gasteiger partial charge on any atom is -0.258 e. The van der Waals surface area contributed by atoms with E-state index in [1.807, 2.05) is 17.8 Å². The van der Waals surface area contributed by atoms with Crippen LogP contribution >= 0.6 is 23.4 Å². The molecule has 0 radical (unpaired) electrons. The monoisotopic (exact) mass is 285 g/mol. The average Bonchev–Trinajstić information content (AvgIpc) is 2.38. The fourth-order valence-electron chi connectivity index (χ4n) is 2.23. The first kappa shape index (κ1) is 13.7. The number of hydrogen-bond acceptors (Lipinski definition) is 3. The molecule has 3 nitrogen and oxygen atoms in total. The Morgan fingerprint density at radius 2 is 2.06 bits per heavy atom. The number of halogens is 1. The Labute approximate surface area is 116 Å². The number of nitro benzene ring substituents is 1. The molecule has 1 fully saturated rings. The first-order valence-corrected chi connectivity index (χ1v) is 7.64. The molecular formula is C13H16ClNO2S. The smallest absolute Gasteiger partial charge is 0.258 e. The molecule has 0 N–H and O–H groups in total. The van der Waals surface area contributed by atoms with Crippen molar-refractivity contribution in [3.63, 3.8) is 0 Å². The maximum atomic E-state index is 10.8. The Morgan fingerprint density at radius 1 is 1.33 bits per heavy atom. The molecule has 1 aliphatic carbocycles. The van der Waals surface area contributed by atoms with Gasteiger partial charge in [0.2, 0.25) is 0 Å². The largest absolute Gasteiger partial charge is 0.288 e. The van der Waals surface area contributed by atoms with E-state index in [1.54, 1.807) is 12.1 Å². The second-order valence-electron chi connectivity index (χ2n) is 4.61. The maximum Gasteiger partial charge on any atom is 0.288 e. The molecule has 0 amide bonds. The fourth-order valence-corrected chi connectivity index (χ4v) is 3.69. The molecule has 0 heterocycles. The van der Waals surface area contributed by atoms with E-state index in [0.29, 0.717) is 5.25 Å². The molecule has 0 aromatic heterocycles. The van der Waals surface area contributed by atoms with Gasteiger partial charge in [-0.15, -0.1) is 0 Å². The van der Waals surface area contributed by atoms with Crippen molar-refractivity contribution in [2.45, 2.75) is 43.1 Å². The van der Waals surface area contributed by atoms with Gasteiger partial charge in [-0.3, -0.25) is 10.1 Å². The highest BCUT2D eigenvalue weighted by atomic mass is 35.5. The van der Waals surface area contributed by atoms with Gasteiger partial charge in [0, 0.05) is 17.1 Å². The molecule has 0 unspecified atom stereocenters. The van der Waals surface area contributed by atoms with Crippen LogP contribution in [0.3, 0.4) is 0 Å². The van der Waals surface area contributed by atoms with Crippen molar-refractivity contribution in [1.82, 2.24) is 0 Å². The molecule has 0 bridgehead atoms. The SMILES string of the molecule is O=[N+]([O-])c1cc(CSC2CCCCC2)ccc1Cl. The van der Waals surface area contributed by atoms with Crippen molar-refractivity contribution in [2.75, 3.05) is 0 Å². The molecule has 0 aliphatic heterocycles. The molecular weight excluding hydrogens is 270 g/mol. The second-order valence-corrected chi connectivity index (χ2v) is 6.31. The first-order chi connectivity index (χ1) is 8.66. The summed E-state index contributed by atoms with van der Waals surface area (Å²) in [7, 11) is 0. The molecule has 5 heteroatoms. The highest BCUT2D eigenvalue weighted by Crippen LogP contribution is 2.32. The lowest BCUT2D eigenvalue weighted by Gasteiger charge is -2.20. The van der Waals surface area contributed by atoms with E-state index in [1.165, 1.54) is 32.1 Å². The van der Waals surface area contributed by atoms with Crippen molar-refractivity contribution >= 4 is 29.1 Å². The Morgan fingerprint density at radius 3 is 2.72 bits per heavy atom. The van der Waals surface area contributed by atoms with Crippen LogP contribution in [-0.2, 0) is 5.75 Å². The van der Waals surface area contributed by atoms with Gasteiger partial charge in [0.25, 0.3) is 5.69 Å². The predicted molar refractivity (Wildman–Crippen MR) is 76.3 cm³/mol. The number of nitro groups is 1. The third-order valence-electron chi connectivity index (χ3n) is 3.25. The molecule has 1 aromatic carbocycles. The maximum absolute atomic E-state index is 10.8. The standard InChI is InChI=1S/C13H16ClNO2S/c14-12-7-6-10(8-13(12)15(16)17)9-18-11-4-2-1-3-5-11/h6-8,11H,1-5,9H2. The van der Waals surface area contributed by atoms with Crippen molar-refractivity contribution in [2.24, 2.45) is 0 Å². The summed E-state index contributed by atoms with van der Waals surface area (Å²) >= 11 is 7.70. The lowest BCUT2D eigenvalue weighted by atomic mass is 10.0. The number of nitrogens with zero attached hydrogens (tertiary/aromatic N) is 1. The van der Waals surface area contributed by atoms with Gasteiger partial charge in [-0.1, -0.05) is 36.9 Å². The molecule has 1 aliphatic rings. The average molecular weight is 286 g/mol. The number of thioether (sulfide) groups is 1. The lowest BCUT2D eigenvalue weighted by molar-refractivity contribution is -0.384. The van der Waals surface area contributed by atoms with Crippen molar-refractivity contribution in [1.29, 1.82) is 0 Å². The van der Waals surface area contributed by atoms with Gasteiger partial charge in [0.1, 0.15) is 5.02 Å². The first-order valence-electron chi connectivity index (χ1n) is 6.21. The zero-order valence-corrected chi connectivity index (χ0v) is 11.7. The number of hydrogen-bond donors (Lipinski definition) is 0. The molecule has 0 atom stereocenters. The van der Waals surface area contributed by atoms with Crippen LogP contribution in [-0.4, -0.2) is 10.2 Å². The lowest BCUT2D eigenvalue weighted by Crippen LogP contribution is -2.08. The quantitative estimate of drug-likeness (QED) is 0.589. The van der Waals surface area contributed by atoms with Crippen LogP contribution in [0.25, 0.3) is 0 Å². The Balaban J connectivity index is 1.96. The normalized spacial score (nSPS) is 16.7. The third kappa shape index (κ3) is 3.62. The second kappa shape index (κ2) is 6.43. The summed E-state index contributed by atoms with van der Waals surface area (Å²) in [5.74, 6) is 0.836. The molecule has 98 valence electrons. The van der Waals surface area contributed by atoms with E-state index in [-0.39, 0.29) is 10.7 Å². The van der Waals surface area contributed by atoms with Crippen LogP contribution in [0.15, 0.2) is 18.2 Å². The van der Waals surface area contributed by atoms with E-state index in [2.05, 4.69) is 0 Å². The van der Waals surface area contributed by atoms with E-state index < -0.39 is 4.92 Å². The van der Waals surface area contributed by atoms with E-state index in [4.69, 9.17) is 11.6 Å². The van der Waals surface area contributed by atoms with Gasteiger partial charge in [0.05, 0.1) is 4.92 Å². The summed E-state index contributed by atoms with van der Waals surface area (Å²) < 4.78 is 0. The molecule has 1 aromatic rings.